The van der Waals surface area contributed by atoms with Crippen molar-refractivity contribution < 1.29 is 9.53 Å². The molecule has 25 heavy (non-hydrogen) atoms. The number of hydrogen-bond acceptors (Lipinski definition) is 4. The quantitative estimate of drug-likeness (QED) is 0.889. The number of rotatable bonds is 5. The molecule has 0 spiro atoms. The third kappa shape index (κ3) is 4.53. The molecule has 0 aliphatic carbocycles. The van der Waals surface area contributed by atoms with Crippen molar-refractivity contribution in [1.82, 2.24) is 10.2 Å². The monoisotopic (exact) mass is 345 g/mol. The van der Waals surface area contributed by atoms with Gasteiger partial charge >= 0.3 is 0 Å². The Morgan fingerprint density at radius 3 is 2.84 bits per heavy atom. The molecule has 1 amide bonds. The van der Waals surface area contributed by atoms with Crippen LogP contribution >= 0.6 is 0 Å². The number of nitrogens with one attached hydrogen (secondary N) is 1. The number of hydrogen-bond donors (Lipinski definition) is 1. The van der Waals surface area contributed by atoms with Crippen molar-refractivity contribution in [2.75, 3.05) is 37.7 Å². The predicted octanol–water partition coefficient (Wildman–Crippen LogP) is 2.26. The van der Waals surface area contributed by atoms with Crippen molar-refractivity contribution in [2.45, 2.75) is 45.9 Å². The highest BCUT2D eigenvalue weighted by molar-refractivity contribution is 5.82. The molecule has 1 aromatic rings. The molecular weight excluding hydrogens is 314 g/mol. The molecule has 5 heteroatoms. The van der Waals surface area contributed by atoms with Crippen LogP contribution in [0.15, 0.2) is 24.3 Å². The summed E-state index contributed by atoms with van der Waals surface area (Å²) in [5.41, 5.74) is 2.59. The van der Waals surface area contributed by atoms with Gasteiger partial charge in [-0.1, -0.05) is 32.0 Å². The van der Waals surface area contributed by atoms with Crippen molar-refractivity contribution in [2.24, 2.45) is 5.92 Å². The van der Waals surface area contributed by atoms with Gasteiger partial charge in [-0.25, -0.2) is 0 Å². The Morgan fingerprint density at radius 2 is 2.08 bits per heavy atom. The molecule has 0 saturated carbocycles. The maximum absolute atomic E-state index is 12.4. The standard InChI is InChI=1S/C20H31N3O2/c1-15(2)12-19-20(24)21-8-9-22(19)14-17-6-4-5-7-18(17)23-10-11-25-16(3)13-23/h4-7,15-16,19H,8-14H2,1-3H3,(H,21,24)/t16-,19-/m0/s1. The van der Waals surface area contributed by atoms with Crippen LogP contribution in [0.5, 0.6) is 0 Å². The van der Waals surface area contributed by atoms with Gasteiger partial charge in [0.05, 0.1) is 18.8 Å². The van der Waals surface area contributed by atoms with Crippen molar-refractivity contribution in [1.29, 1.82) is 0 Å². The summed E-state index contributed by atoms with van der Waals surface area (Å²) in [6.07, 6.45) is 1.17. The first-order valence-electron chi connectivity index (χ1n) is 9.51. The minimum absolute atomic E-state index is 0.0228. The molecule has 2 aliphatic heterocycles. The Balaban J connectivity index is 1.78. The highest BCUT2D eigenvalue weighted by Gasteiger charge is 2.31. The SMILES string of the molecule is CC(C)C[C@H]1C(=O)NCCN1Cc1ccccc1N1CCO[C@@H](C)C1. The third-order valence-electron chi connectivity index (χ3n) is 5.08. The zero-order valence-corrected chi connectivity index (χ0v) is 15.7. The first-order valence-corrected chi connectivity index (χ1v) is 9.51. The molecule has 1 aromatic carbocycles. The molecule has 2 aliphatic rings. The molecule has 2 fully saturated rings. The summed E-state index contributed by atoms with van der Waals surface area (Å²) in [6.45, 7) is 11.6. The van der Waals surface area contributed by atoms with Crippen LogP contribution in [0.2, 0.25) is 0 Å². The summed E-state index contributed by atoms with van der Waals surface area (Å²) in [6, 6.07) is 8.59. The Kier molecular flexibility index (Phi) is 5.97. The van der Waals surface area contributed by atoms with E-state index in [0.717, 1.165) is 45.8 Å². The second-order valence-corrected chi connectivity index (χ2v) is 7.66. The van der Waals surface area contributed by atoms with E-state index in [4.69, 9.17) is 4.74 Å². The fourth-order valence-electron chi connectivity index (χ4n) is 3.86. The smallest absolute Gasteiger partial charge is 0.237 e. The molecule has 2 saturated heterocycles. The van der Waals surface area contributed by atoms with E-state index in [1.165, 1.54) is 11.3 Å². The van der Waals surface area contributed by atoms with Crippen LogP contribution in [-0.4, -0.2) is 55.7 Å². The van der Waals surface area contributed by atoms with Crippen molar-refractivity contribution >= 4 is 11.6 Å². The van der Waals surface area contributed by atoms with E-state index in [0.29, 0.717) is 5.92 Å². The highest BCUT2D eigenvalue weighted by atomic mass is 16.5. The Labute approximate surface area is 151 Å². The number of nitrogens with zero attached hydrogens (tertiary/aromatic N) is 2. The van der Waals surface area contributed by atoms with Crippen LogP contribution in [0.3, 0.4) is 0 Å². The summed E-state index contributed by atoms with van der Waals surface area (Å²) in [5, 5.41) is 3.03. The summed E-state index contributed by atoms with van der Waals surface area (Å²) < 4.78 is 5.69. The van der Waals surface area contributed by atoms with Gasteiger partial charge in [0.15, 0.2) is 0 Å². The fraction of sp³-hybridized carbons (Fsp3) is 0.650. The largest absolute Gasteiger partial charge is 0.375 e. The maximum Gasteiger partial charge on any atom is 0.237 e. The van der Waals surface area contributed by atoms with Gasteiger partial charge in [-0.05, 0) is 30.9 Å². The van der Waals surface area contributed by atoms with Gasteiger partial charge in [0, 0.05) is 38.4 Å². The molecular formula is C20H31N3O2. The van der Waals surface area contributed by atoms with Crippen LogP contribution < -0.4 is 10.2 Å². The minimum Gasteiger partial charge on any atom is -0.375 e. The number of para-hydroxylation sites is 1. The van der Waals surface area contributed by atoms with Crippen molar-refractivity contribution in [3.05, 3.63) is 29.8 Å². The van der Waals surface area contributed by atoms with Gasteiger partial charge in [0.1, 0.15) is 0 Å². The van der Waals surface area contributed by atoms with Gasteiger partial charge in [0.2, 0.25) is 5.91 Å². The van der Waals surface area contributed by atoms with Crippen molar-refractivity contribution in [3.63, 3.8) is 0 Å². The molecule has 0 radical (unpaired) electrons. The van der Waals surface area contributed by atoms with E-state index < -0.39 is 0 Å². The lowest BCUT2D eigenvalue weighted by molar-refractivity contribution is -0.130. The number of ether oxygens (including phenoxy) is 1. The Hall–Kier alpha value is -1.59. The van der Waals surface area contributed by atoms with E-state index in [2.05, 4.69) is 60.2 Å². The highest BCUT2D eigenvalue weighted by Crippen LogP contribution is 2.26. The van der Waals surface area contributed by atoms with Gasteiger partial charge in [0.25, 0.3) is 0 Å². The van der Waals surface area contributed by atoms with E-state index in [1.807, 2.05) is 0 Å². The average molecular weight is 345 g/mol. The normalized spacial score (nSPS) is 25.3. The Bertz CT molecular complexity index is 590. The summed E-state index contributed by atoms with van der Waals surface area (Å²) in [7, 11) is 0. The second kappa shape index (κ2) is 8.19. The van der Waals surface area contributed by atoms with E-state index in [-0.39, 0.29) is 18.1 Å². The van der Waals surface area contributed by atoms with Crippen LogP contribution in [-0.2, 0) is 16.1 Å². The van der Waals surface area contributed by atoms with Crippen LogP contribution in [0.4, 0.5) is 5.69 Å². The molecule has 1 N–H and O–H groups in total. The summed E-state index contributed by atoms with van der Waals surface area (Å²) in [4.78, 5) is 17.2. The zero-order valence-electron chi connectivity index (χ0n) is 15.7. The lowest BCUT2D eigenvalue weighted by Gasteiger charge is -2.38. The van der Waals surface area contributed by atoms with Gasteiger partial charge in [-0.15, -0.1) is 0 Å². The number of carbonyl (C=O) groups is 1. The average Bonchev–Trinajstić information content (AvgIpc) is 2.58. The third-order valence-corrected chi connectivity index (χ3v) is 5.08. The topological polar surface area (TPSA) is 44.8 Å². The lowest BCUT2D eigenvalue weighted by atomic mass is 9.99. The zero-order chi connectivity index (χ0) is 17.8. The predicted molar refractivity (Wildman–Crippen MR) is 101 cm³/mol. The fourth-order valence-corrected chi connectivity index (χ4v) is 3.86. The number of piperazine rings is 1. The molecule has 3 rings (SSSR count). The maximum atomic E-state index is 12.4. The van der Waals surface area contributed by atoms with E-state index in [1.54, 1.807) is 0 Å². The molecule has 0 aromatic heterocycles. The Morgan fingerprint density at radius 1 is 1.28 bits per heavy atom. The first kappa shape index (κ1) is 18.2. The number of morpholine rings is 1. The lowest BCUT2D eigenvalue weighted by Crippen LogP contribution is -2.55. The number of benzene rings is 1. The molecule has 5 nitrogen and oxygen atoms in total. The van der Waals surface area contributed by atoms with Gasteiger partial charge in [-0.3, -0.25) is 9.69 Å². The number of carbonyl (C=O) groups excluding carboxylic acids is 1. The van der Waals surface area contributed by atoms with Crippen LogP contribution in [0.1, 0.15) is 32.8 Å². The van der Waals surface area contributed by atoms with Crippen LogP contribution in [0, 0.1) is 5.92 Å². The van der Waals surface area contributed by atoms with Gasteiger partial charge < -0.3 is 15.0 Å². The number of amides is 1. The molecule has 2 heterocycles. The second-order valence-electron chi connectivity index (χ2n) is 7.66. The van der Waals surface area contributed by atoms with E-state index >= 15 is 0 Å². The first-order chi connectivity index (χ1) is 12.0. The molecule has 0 unspecified atom stereocenters. The van der Waals surface area contributed by atoms with Crippen LogP contribution in [0.25, 0.3) is 0 Å². The van der Waals surface area contributed by atoms with E-state index in [9.17, 15) is 4.79 Å². The minimum atomic E-state index is -0.0228. The summed E-state index contributed by atoms with van der Waals surface area (Å²) >= 11 is 0. The van der Waals surface area contributed by atoms with Crippen molar-refractivity contribution in [3.8, 4) is 0 Å². The molecule has 2 atom stereocenters. The molecule has 138 valence electrons. The molecule has 0 bridgehead atoms. The van der Waals surface area contributed by atoms with Gasteiger partial charge in [-0.2, -0.15) is 0 Å². The summed E-state index contributed by atoms with van der Waals surface area (Å²) in [5.74, 6) is 0.684. The number of anilines is 1.